The second kappa shape index (κ2) is 45.6. The second-order valence-corrected chi connectivity index (χ2v) is 21.7. The normalized spacial score (nSPS) is 14.0. The smallest absolute Gasteiger partial charge is 0.268 e. The summed E-state index contributed by atoms with van der Waals surface area (Å²) in [7, 11) is 1.32. The summed E-state index contributed by atoms with van der Waals surface area (Å²) in [4.78, 5) is 25.5. The number of amides is 1. The van der Waals surface area contributed by atoms with Crippen LogP contribution in [0.4, 0.5) is 0 Å². The first kappa shape index (κ1) is 61.5. The number of nitrogens with zero attached hydrogens (tertiary/aromatic N) is 1. The first-order chi connectivity index (χ1) is 30.0. The Morgan fingerprint density at radius 3 is 1.10 bits per heavy atom. The first-order valence-electron chi connectivity index (χ1n) is 27.4. The number of rotatable bonds is 51. The number of unbranched alkanes of at least 4 members (excludes halogenated alkanes) is 38. The van der Waals surface area contributed by atoms with Gasteiger partial charge in [0.2, 0.25) is 5.91 Å². The lowest BCUT2D eigenvalue weighted by molar-refractivity contribution is -0.870. The van der Waals surface area contributed by atoms with E-state index in [0.717, 1.165) is 38.5 Å². The molecule has 0 spiro atoms. The molecule has 0 aromatic carbocycles. The Morgan fingerprint density at radius 2 is 0.790 bits per heavy atom. The van der Waals surface area contributed by atoms with Gasteiger partial charge in [0.1, 0.15) is 13.2 Å². The van der Waals surface area contributed by atoms with Gasteiger partial charge < -0.3 is 28.8 Å². The zero-order valence-electron chi connectivity index (χ0n) is 42.4. The molecule has 372 valence electrons. The molecule has 0 fully saturated rings. The van der Waals surface area contributed by atoms with Gasteiger partial charge in [-0.3, -0.25) is 9.36 Å². The van der Waals surface area contributed by atoms with Gasteiger partial charge in [0.05, 0.1) is 39.9 Å². The van der Waals surface area contributed by atoms with Gasteiger partial charge in [-0.1, -0.05) is 264 Å². The van der Waals surface area contributed by atoms with Crippen molar-refractivity contribution in [1.29, 1.82) is 0 Å². The van der Waals surface area contributed by atoms with Crippen LogP contribution in [0.3, 0.4) is 0 Å². The van der Waals surface area contributed by atoms with E-state index in [1.165, 1.54) is 218 Å². The fraction of sp³-hybridized carbons (Fsp3) is 0.981. The Kier molecular flexibility index (Phi) is 45.3. The molecule has 0 aromatic heterocycles. The molecule has 0 saturated carbocycles. The van der Waals surface area contributed by atoms with E-state index in [9.17, 15) is 19.4 Å². The van der Waals surface area contributed by atoms with Crippen molar-refractivity contribution in [3.8, 4) is 0 Å². The average Bonchev–Trinajstić information content (AvgIpc) is 3.23. The minimum Gasteiger partial charge on any atom is -0.756 e. The van der Waals surface area contributed by atoms with Crippen molar-refractivity contribution >= 4 is 13.7 Å². The number of aliphatic hydroxyl groups is 1. The number of phosphoric acid groups is 1. The van der Waals surface area contributed by atoms with E-state index in [4.69, 9.17) is 9.05 Å². The molecule has 3 atom stereocenters. The van der Waals surface area contributed by atoms with E-state index in [-0.39, 0.29) is 19.1 Å². The molecule has 1 unspecified atom stereocenters. The molecule has 0 aliphatic rings. The third-order valence-electron chi connectivity index (χ3n) is 12.8. The Labute approximate surface area is 387 Å². The quantitative estimate of drug-likeness (QED) is 0.0358. The van der Waals surface area contributed by atoms with Crippen LogP contribution in [0, 0.1) is 0 Å². The van der Waals surface area contributed by atoms with Gasteiger partial charge in [-0.05, 0) is 12.8 Å². The van der Waals surface area contributed by atoms with Crippen molar-refractivity contribution in [1.82, 2.24) is 5.32 Å². The van der Waals surface area contributed by atoms with Crippen LogP contribution in [0.1, 0.15) is 284 Å². The Morgan fingerprint density at radius 1 is 0.500 bits per heavy atom. The highest BCUT2D eigenvalue weighted by Gasteiger charge is 2.24. The number of phosphoric ester groups is 1. The van der Waals surface area contributed by atoms with Crippen LogP contribution in [0.25, 0.3) is 0 Å². The number of quaternary nitrogens is 1. The van der Waals surface area contributed by atoms with Crippen molar-refractivity contribution in [2.75, 3.05) is 40.9 Å². The predicted molar refractivity (Wildman–Crippen MR) is 266 cm³/mol. The first-order valence-corrected chi connectivity index (χ1v) is 28.8. The fourth-order valence-corrected chi connectivity index (χ4v) is 9.24. The van der Waals surface area contributed by atoms with Crippen LogP contribution in [-0.2, 0) is 18.4 Å². The van der Waals surface area contributed by atoms with Crippen LogP contribution in [0.5, 0.6) is 0 Å². The molecule has 0 radical (unpaired) electrons. The minimum absolute atomic E-state index is 0.0164. The zero-order chi connectivity index (χ0) is 45.7. The van der Waals surface area contributed by atoms with Crippen LogP contribution >= 0.6 is 7.82 Å². The molecule has 0 aliphatic heterocycles. The molecule has 0 bridgehead atoms. The van der Waals surface area contributed by atoms with Crippen molar-refractivity contribution < 1.29 is 32.9 Å². The van der Waals surface area contributed by atoms with Crippen LogP contribution in [-0.4, -0.2) is 68.5 Å². The Hall–Kier alpha value is -0.500. The van der Waals surface area contributed by atoms with Gasteiger partial charge in [-0.25, -0.2) is 0 Å². The molecular weight excluding hydrogens is 792 g/mol. The number of aliphatic hydroxyl groups excluding tert-OH is 1. The van der Waals surface area contributed by atoms with Crippen LogP contribution in [0.15, 0.2) is 0 Å². The molecule has 0 aliphatic carbocycles. The average molecular weight is 901 g/mol. The van der Waals surface area contributed by atoms with Gasteiger partial charge in [-0.2, -0.15) is 0 Å². The van der Waals surface area contributed by atoms with E-state index >= 15 is 0 Å². The van der Waals surface area contributed by atoms with Crippen molar-refractivity contribution in [2.45, 2.75) is 296 Å². The Balaban J connectivity index is 4.10. The van der Waals surface area contributed by atoms with Crippen molar-refractivity contribution in [3.05, 3.63) is 0 Å². The van der Waals surface area contributed by atoms with E-state index < -0.39 is 20.0 Å². The summed E-state index contributed by atoms with van der Waals surface area (Å²) in [5, 5.41) is 14.0. The molecular formula is C53H109N2O6P. The number of carbonyl (C=O) groups excluding carboxylic acids is 1. The zero-order valence-corrected chi connectivity index (χ0v) is 43.3. The fourth-order valence-electron chi connectivity index (χ4n) is 8.51. The van der Waals surface area contributed by atoms with Crippen molar-refractivity contribution in [3.63, 3.8) is 0 Å². The van der Waals surface area contributed by atoms with Crippen molar-refractivity contribution in [2.24, 2.45) is 0 Å². The summed E-state index contributed by atoms with van der Waals surface area (Å²) in [5.41, 5.74) is 0. The maximum absolute atomic E-state index is 12.9. The molecule has 1 amide bonds. The molecule has 62 heavy (non-hydrogen) atoms. The van der Waals surface area contributed by atoms with E-state index in [0.29, 0.717) is 23.9 Å². The van der Waals surface area contributed by atoms with E-state index in [1.807, 2.05) is 21.1 Å². The largest absolute Gasteiger partial charge is 0.756 e. The highest BCUT2D eigenvalue weighted by atomic mass is 31.2. The minimum atomic E-state index is -4.56. The van der Waals surface area contributed by atoms with Gasteiger partial charge in [0.25, 0.3) is 7.82 Å². The van der Waals surface area contributed by atoms with Crippen LogP contribution in [0.2, 0.25) is 0 Å². The lowest BCUT2D eigenvalue weighted by Crippen LogP contribution is -2.46. The molecule has 9 heteroatoms. The summed E-state index contributed by atoms with van der Waals surface area (Å²) >= 11 is 0. The number of carbonyl (C=O) groups is 1. The summed E-state index contributed by atoms with van der Waals surface area (Å²) in [6, 6.07) is -0.794. The van der Waals surface area contributed by atoms with E-state index in [2.05, 4.69) is 19.2 Å². The van der Waals surface area contributed by atoms with Gasteiger partial charge in [0, 0.05) is 6.42 Å². The lowest BCUT2D eigenvalue weighted by atomic mass is 10.0. The van der Waals surface area contributed by atoms with Gasteiger partial charge in [-0.15, -0.1) is 0 Å². The maximum atomic E-state index is 12.9. The number of hydrogen-bond acceptors (Lipinski definition) is 6. The molecule has 0 saturated heterocycles. The van der Waals surface area contributed by atoms with Gasteiger partial charge in [0.15, 0.2) is 0 Å². The summed E-state index contributed by atoms with van der Waals surface area (Å²) < 4.78 is 23.4. The topological polar surface area (TPSA) is 108 Å². The summed E-state index contributed by atoms with van der Waals surface area (Å²) in [6.07, 6.45) is 52.7. The standard InChI is InChI=1S/C53H109N2O6P/c1-6-8-10-12-14-16-18-20-22-23-24-25-26-27-28-29-30-31-33-35-37-39-41-43-45-47-53(57)54-51(50-61-62(58,59)60-49-48-55(3,4)5)52(56)46-44-42-40-38-36-34-32-21-19-17-15-13-11-9-7-2/h51-52,56H,6-50H2,1-5H3,(H-,54,57,58,59)/t51-,52+/m0/s1. The van der Waals surface area contributed by atoms with Crippen LogP contribution < -0.4 is 10.2 Å². The second-order valence-electron chi connectivity index (χ2n) is 20.3. The highest BCUT2D eigenvalue weighted by Crippen LogP contribution is 2.38. The van der Waals surface area contributed by atoms with Gasteiger partial charge >= 0.3 is 0 Å². The number of nitrogens with one attached hydrogen (secondary N) is 1. The molecule has 8 nitrogen and oxygen atoms in total. The lowest BCUT2D eigenvalue weighted by Gasteiger charge is -2.30. The molecule has 0 rings (SSSR count). The third kappa shape index (κ3) is 47.5. The number of hydrogen-bond donors (Lipinski definition) is 2. The van der Waals surface area contributed by atoms with E-state index in [1.54, 1.807) is 0 Å². The maximum Gasteiger partial charge on any atom is 0.268 e. The monoisotopic (exact) mass is 901 g/mol. The molecule has 0 heterocycles. The third-order valence-corrected chi connectivity index (χ3v) is 13.8. The highest BCUT2D eigenvalue weighted by molar-refractivity contribution is 7.45. The summed E-state index contributed by atoms with van der Waals surface area (Å²) in [5.74, 6) is -0.157. The predicted octanol–water partition coefficient (Wildman–Crippen LogP) is 15.5. The Bertz CT molecular complexity index is 978. The SMILES string of the molecule is CCCCCCCCCCCCCCCCCCCCCCCCCCCC(=O)N[C@@H](COP(=O)([O-])OCC[N+](C)(C)C)[C@H](O)CCCCCCCCCCCCCCCCC. The molecule has 0 aromatic rings. The summed E-state index contributed by atoms with van der Waals surface area (Å²) in [6.45, 7) is 4.77. The molecule has 2 N–H and O–H groups in total. The number of likely N-dealkylation sites (N-methyl/N-ethyl adjacent to an activating group) is 1.